The van der Waals surface area contributed by atoms with Crippen molar-refractivity contribution >= 4 is 5.97 Å². The van der Waals surface area contributed by atoms with E-state index in [0.29, 0.717) is 12.0 Å². The maximum Gasteiger partial charge on any atom is 0.333 e. The van der Waals surface area contributed by atoms with Gasteiger partial charge in [-0.2, -0.15) is 0 Å². The third kappa shape index (κ3) is 3.69. The van der Waals surface area contributed by atoms with Crippen LogP contribution in [0.3, 0.4) is 0 Å². The Labute approximate surface area is 92.7 Å². The van der Waals surface area contributed by atoms with Crippen molar-refractivity contribution in [3.8, 4) is 0 Å². The van der Waals surface area contributed by atoms with Crippen molar-refractivity contribution in [2.75, 3.05) is 0 Å². The summed E-state index contributed by atoms with van der Waals surface area (Å²) in [5.41, 5.74) is 0.592. The van der Waals surface area contributed by atoms with Gasteiger partial charge >= 0.3 is 5.97 Å². The van der Waals surface area contributed by atoms with E-state index in [0.717, 1.165) is 18.8 Å². The van der Waals surface area contributed by atoms with E-state index in [2.05, 4.69) is 13.5 Å². The Kier molecular flexibility index (Phi) is 4.86. The predicted octanol–water partition coefficient (Wildman–Crippen LogP) is 3.46. The lowest BCUT2D eigenvalue weighted by Crippen LogP contribution is -2.16. The van der Waals surface area contributed by atoms with Crippen LogP contribution in [0.2, 0.25) is 0 Å². The maximum absolute atomic E-state index is 11.5. The smallest absolute Gasteiger partial charge is 0.333 e. The number of hydrogen-bond donors (Lipinski definition) is 0. The topological polar surface area (TPSA) is 26.3 Å². The summed E-state index contributed by atoms with van der Waals surface area (Å²) >= 11 is 0. The van der Waals surface area contributed by atoms with Crippen molar-refractivity contribution in [2.24, 2.45) is 5.92 Å². The fraction of sp³-hybridized carbons (Fsp3) is 0.769. The minimum absolute atomic E-state index is 0.150. The van der Waals surface area contributed by atoms with Crippen molar-refractivity contribution in [2.45, 2.75) is 58.5 Å². The van der Waals surface area contributed by atoms with Crippen LogP contribution in [0, 0.1) is 5.92 Å². The van der Waals surface area contributed by atoms with E-state index in [1.165, 1.54) is 19.3 Å². The molecule has 1 saturated carbocycles. The largest absolute Gasteiger partial charge is 0.459 e. The molecule has 1 fully saturated rings. The molecular weight excluding hydrogens is 188 g/mol. The molecule has 0 amide bonds. The van der Waals surface area contributed by atoms with Gasteiger partial charge < -0.3 is 4.74 Å². The van der Waals surface area contributed by atoms with Crippen LogP contribution < -0.4 is 0 Å². The SMILES string of the molecule is C=C(CC)C(=O)OC1CCC(CCC)C1. The van der Waals surface area contributed by atoms with E-state index >= 15 is 0 Å². The Balaban J connectivity index is 2.29. The second-order valence-electron chi connectivity index (χ2n) is 4.45. The second kappa shape index (κ2) is 5.94. The van der Waals surface area contributed by atoms with Gasteiger partial charge in [-0.15, -0.1) is 0 Å². The molecule has 0 heterocycles. The number of esters is 1. The van der Waals surface area contributed by atoms with Crippen molar-refractivity contribution < 1.29 is 9.53 Å². The van der Waals surface area contributed by atoms with Crippen LogP contribution in [0.1, 0.15) is 52.4 Å². The Morgan fingerprint density at radius 1 is 1.40 bits per heavy atom. The van der Waals surface area contributed by atoms with Gasteiger partial charge in [-0.05, 0) is 31.6 Å². The fourth-order valence-electron chi connectivity index (χ4n) is 2.19. The van der Waals surface area contributed by atoms with E-state index in [4.69, 9.17) is 4.74 Å². The van der Waals surface area contributed by atoms with E-state index in [-0.39, 0.29) is 12.1 Å². The van der Waals surface area contributed by atoms with Crippen LogP contribution in [-0.4, -0.2) is 12.1 Å². The van der Waals surface area contributed by atoms with Gasteiger partial charge in [0.15, 0.2) is 0 Å². The lowest BCUT2D eigenvalue weighted by molar-refractivity contribution is -0.144. The first-order valence-electron chi connectivity index (χ1n) is 6.06. The summed E-state index contributed by atoms with van der Waals surface area (Å²) < 4.78 is 5.40. The molecule has 2 unspecified atom stereocenters. The summed E-state index contributed by atoms with van der Waals surface area (Å²) in [5, 5.41) is 0. The van der Waals surface area contributed by atoms with Crippen molar-refractivity contribution in [3.63, 3.8) is 0 Å². The third-order valence-electron chi connectivity index (χ3n) is 3.18. The first-order chi connectivity index (χ1) is 7.17. The highest BCUT2D eigenvalue weighted by Gasteiger charge is 2.27. The van der Waals surface area contributed by atoms with Gasteiger partial charge in [0.25, 0.3) is 0 Å². The highest BCUT2D eigenvalue weighted by Crippen LogP contribution is 2.31. The zero-order chi connectivity index (χ0) is 11.3. The molecular formula is C13H22O2. The minimum atomic E-state index is -0.195. The summed E-state index contributed by atoms with van der Waals surface area (Å²) in [6, 6.07) is 0. The van der Waals surface area contributed by atoms with Gasteiger partial charge in [-0.25, -0.2) is 4.79 Å². The quantitative estimate of drug-likeness (QED) is 0.513. The fourth-order valence-corrected chi connectivity index (χ4v) is 2.19. The summed E-state index contributed by atoms with van der Waals surface area (Å²) in [6.07, 6.45) is 6.63. The monoisotopic (exact) mass is 210 g/mol. The predicted molar refractivity (Wildman–Crippen MR) is 61.6 cm³/mol. The lowest BCUT2D eigenvalue weighted by Gasteiger charge is -2.13. The Bertz CT molecular complexity index is 233. The highest BCUT2D eigenvalue weighted by atomic mass is 16.5. The zero-order valence-electron chi connectivity index (χ0n) is 9.92. The summed E-state index contributed by atoms with van der Waals surface area (Å²) in [5.74, 6) is 0.572. The van der Waals surface area contributed by atoms with Gasteiger partial charge in [0, 0.05) is 5.57 Å². The molecule has 2 atom stereocenters. The molecule has 1 rings (SSSR count). The molecule has 0 aromatic carbocycles. The van der Waals surface area contributed by atoms with Crippen LogP contribution in [0.5, 0.6) is 0 Å². The first kappa shape index (κ1) is 12.3. The molecule has 0 aromatic heterocycles. The number of hydrogen-bond acceptors (Lipinski definition) is 2. The molecule has 1 aliphatic carbocycles. The summed E-state index contributed by atoms with van der Waals surface area (Å²) in [6.45, 7) is 7.83. The lowest BCUT2D eigenvalue weighted by atomic mass is 10.0. The van der Waals surface area contributed by atoms with Crippen LogP contribution >= 0.6 is 0 Å². The average molecular weight is 210 g/mol. The molecule has 2 nitrogen and oxygen atoms in total. The number of ether oxygens (including phenoxy) is 1. The molecule has 0 radical (unpaired) electrons. The van der Waals surface area contributed by atoms with Crippen LogP contribution in [-0.2, 0) is 9.53 Å². The number of carbonyl (C=O) groups excluding carboxylic acids is 1. The second-order valence-corrected chi connectivity index (χ2v) is 4.45. The molecule has 0 spiro atoms. The van der Waals surface area contributed by atoms with Crippen LogP contribution in [0.4, 0.5) is 0 Å². The average Bonchev–Trinajstić information content (AvgIpc) is 2.65. The summed E-state index contributed by atoms with van der Waals surface area (Å²) in [4.78, 5) is 11.5. The number of carbonyl (C=O) groups is 1. The Hall–Kier alpha value is -0.790. The van der Waals surface area contributed by atoms with Crippen molar-refractivity contribution in [3.05, 3.63) is 12.2 Å². The zero-order valence-corrected chi connectivity index (χ0v) is 9.92. The summed E-state index contributed by atoms with van der Waals surface area (Å²) in [7, 11) is 0. The Morgan fingerprint density at radius 2 is 2.13 bits per heavy atom. The molecule has 0 bridgehead atoms. The molecule has 15 heavy (non-hydrogen) atoms. The van der Waals surface area contributed by atoms with Gasteiger partial charge in [0.2, 0.25) is 0 Å². The molecule has 2 heteroatoms. The molecule has 86 valence electrons. The first-order valence-corrected chi connectivity index (χ1v) is 6.06. The van der Waals surface area contributed by atoms with Gasteiger partial charge in [-0.1, -0.05) is 33.3 Å². The molecule has 0 saturated heterocycles. The molecule has 0 aromatic rings. The highest BCUT2D eigenvalue weighted by molar-refractivity contribution is 5.87. The normalized spacial score (nSPS) is 25.2. The van der Waals surface area contributed by atoms with E-state index in [1.807, 2.05) is 6.92 Å². The van der Waals surface area contributed by atoms with Crippen molar-refractivity contribution in [1.29, 1.82) is 0 Å². The van der Waals surface area contributed by atoms with Gasteiger partial charge in [0.05, 0.1) is 0 Å². The van der Waals surface area contributed by atoms with E-state index in [9.17, 15) is 4.79 Å². The number of rotatable bonds is 5. The standard InChI is InChI=1S/C13H22O2/c1-4-6-11-7-8-12(9-11)15-13(14)10(3)5-2/h11-12H,3-9H2,1-2H3. The molecule has 0 N–H and O–H groups in total. The van der Waals surface area contributed by atoms with Gasteiger partial charge in [0.1, 0.15) is 6.10 Å². The van der Waals surface area contributed by atoms with Crippen LogP contribution in [0.15, 0.2) is 12.2 Å². The minimum Gasteiger partial charge on any atom is -0.459 e. The maximum atomic E-state index is 11.5. The third-order valence-corrected chi connectivity index (χ3v) is 3.18. The van der Waals surface area contributed by atoms with E-state index in [1.54, 1.807) is 0 Å². The van der Waals surface area contributed by atoms with Crippen molar-refractivity contribution in [1.82, 2.24) is 0 Å². The molecule has 0 aliphatic heterocycles. The van der Waals surface area contributed by atoms with Gasteiger partial charge in [-0.3, -0.25) is 0 Å². The molecule has 1 aliphatic rings. The Morgan fingerprint density at radius 3 is 2.73 bits per heavy atom. The van der Waals surface area contributed by atoms with Crippen LogP contribution in [0.25, 0.3) is 0 Å². The van der Waals surface area contributed by atoms with E-state index < -0.39 is 0 Å².